The summed E-state index contributed by atoms with van der Waals surface area (Å²) in [5.41, 5.74) is 7.25. The van der Waals surface area contributed by atoms with Crippen LogP contribution >= 0.6 is 0 Å². The lowest BCUT2D eigenvalue weighted by molar-refractivity contribution is 0.146. The molecule has 2 nitrogen and oxygen atoms in total. The van der Waals surface area contributed by atoms with Crippen molar-refractivity contribution in [2.75, 3.05) is 13.2 Å². The molecular weight excluding hydrogens is 162 g/mol. The molecule has 0 aromatic carbocycles. The third-order valence-electron chi connectivity index (χ3n) is 2.41. The quantitative estimate of drug-likeness (QED) is 0.681. The highest BCUT2D eigenvalue weighted by Gasteiger charge is 2.03. The number of hydrogen-bond acceptors (Lipinski definition) is 2. The summed E-state index contributed by atoms with van der Waals surface area (Å²) in [6.45, 7) is 3.91. The number of nitrogens with two attached hydrogens (primary N) is 1. The van der Waals surface area contributed by atoms with E-state index >= 15 is 0 Å². The average molecular weight is 183 g/mol. The highest BCUT2D eigenvalue weighted by atomic mass is 16.5. The van der Waals surface area contributed by atoms with Crippen molar-refractivity contribution in [3.05, 3.63) is 11.6 Å². The first-order chi connectivity index (χ1) is 6.29. The molecule has 2 heteroatoms. The van der Waals surface area contributed by atoms with Crippen LogP contribution in [-0.2, 0) is 4.74 Å². The normalized spacial score (nSPS) is 24.3. The summed E-state index contributed by atoms with van der Waals surface area (Å²) in [5, 5.41) is 0. The van der Waals surface area contributed by atoms with Crippen LogP contribution < -0.4 is 5.73 Å². The van der Waals surface area contributed by atoms with Crippen molar-refractivity contribution in [3.8, 4) is 0 Å². The number of ether oxygens (including phenoxy) is 1. The zero-order valence-corrected chi connectivity index (χ0v) is 8.59. The van der Waals surface area contributed by atoms with Gasteiger partial charge in [0, 0.05) is 12.6 Å². The van der Waals surface area contributed by atoms with Gasteiger partial charge in [-0.25, -0.2) is 0 Å². The minimum Gasteiger partial charge on any atom is -0.381 e. The molecule has 76 valence electrons. The van der Waals surface area contributed by atoms with E-state index in [4.69, 9.17) is 10.5 Å². The van der Waals surface area contributed by atoms with Gasteiger partial charge in [-0.15, -0.1) is 0 Å². The van der Waals surface area contributed by atoms with Gasteiger partial charge in [-0.05, 0) is 39.0 Å². The Morgan fingerprint density at radius 2 is 2.31 bits per heavy atom. The topological polar surface area (TPSA) is 35.2 Å². The average Bonchev–Trinajstić information content (AvgIpc) is 2.32. The maximum absolute atomic E-state index is 5.68. The molecule has 0 aromatic rings. The lowest BCUT2D eigenvalue weighted by Crippen LogP contribution is -2.13. The standard InChI is InChI=1S/C11H21NO/c1-10(12)4-2-5-11-6-3-8-13-9-7-11/h5,10H,2-4,6-9,12H2,1H3/b11-5-/t10-/m0/s1. The van der Waals surface area contributed by atoms with Crippen LogP contribution in [0.2, 0.25) is 0 Å². The van der Waals surface area contributed by atoms with E-state index < -0.39 is 0 Å². The van der Waals surface area contributed by atoms with Crippen molar-refractivity contribution in [3.63, 3.8) is 0 Å². The first kappa shape index (κ1) is 10.7. The van der Waals surface area contributed by atoms with Crippen LogP contribution in [0.25, 0.3) is 0 Å². The summed E-state index contributed by atoms with van der Waals surface area (Å²) in [6, 6.07) is 0.332. The van der Waals surface area contributed by atoms with Crippen LogP contribution in [0.5, 0.6) is 0 Å². The smallest absolute Gasteiger partial charge is 0.0503 e. The molecule has 0 radical (unpaired) electrons. The van der Waals surface area contributed by atoms with E-state index in [1.165, 1.54) is 12.8 Å². The molecule has 1 aliphatic rings. The molecular formula is C11H21NO. The summed E-state index contributed by atoms with van der Waals surface area (Å²) in [5.74, 6) is 0. The molecule has 0 bridgehead atoms. The minimum absolute atomic E-state index is 0.332. The number of allylic oxidation sites excluding steroid dienone is 1. The number of rotatable bonds is 3. The zero-order chi connectivity index (χ0) is 9.52. The SMILES string of the molecule is C[C@H](N)CC/C=C1/CCCOCC1. The molecule has 0 amide bonds. The fraction of sp³-hybridized carbons (Fsp3) is 0.818. The van der Waals surface area contributed by atoms with Crippen molar-refractivity contribution < 1.29 is 4.74 Å². The maximum atomic E-state index is 5.68. The van der Waals surface area contributed by atoms with Crippen molar-refractivity contribution in [1.29, 1.82) is 0 Å². The van der Waals surface area contributed by atoms with Gasteiger partial charge < -0.3 is 10.5 Å². The van der Waals surface area contributed by atoms with Crippen molar-refractivity contribution in [1.82, 2.24) is 0 Å². The van der Waals surface area contributed by atoms with E-state index in [9.17, 15) is 0 Å². The van der Waals surface area contributed by atoms with Crippen LogP contribution in [0.15, 0.2) is 11.6 Å². The maximum Gasteiger partial charge on any atom is 0.0503 e. The molecule has 0 unspecified atom stereocenters. The van der Waals surface area contributed by atoms with Gasteiger partial charge in [-0.2, -0.15) is 0 Å². The van der Waals surface area contributed by atoms with Gasteiger partial charge in [-0.3, -0.25) is 0 Å². The van der Waals surface area contributed by atoms with Gasteiger partial charge in [-0.1, -0.05) is 11.6 Å². The predicted octanol–water partition coefficient (Wildman–Crippen LogP) is 2.24. The van der Waals surface area contributed by atoms with E-state index in [0.717, 1.165) is 32.5 Å². The molecule has 2 N–H and O–H groups in total. The molecule has 0 aliphatic carbocycles. The Hall–Kier alpha value is -0.340. The lowest BCUT2D eigenvalue weighted by atomic mass is 10.1. The van der Waals surface area contributed by atoms with Crippen molar-refractivity contribution >= 4 is 0 Å². The van der Waals surface area contributed by atoms with Gasteiger partial charge in [0.1, 0.15) is 0 Å². The van der Waals surface area contributed by atoms with Gasteiger partial charge in [0.15, 0.2) is 0 Å². The Morgan fingerprint density at radius 1 is 1.46 bits per heavy atom. The summed E-state index contributed by atoms with van der Waals surface area (Å²) in [6.07, 6.45) is 8.12. The lowest BCUT2D eigenvalue weighted by Gasteiger charge is -2.03. The Balaban J connectivity index is 2.22. The second-order valence-electron chi connectivity index (χ2n) is 3.88. The van der Waals surface area contributed by atoms with Gasteiger partial charge in [0.25, 0.3) is 0 Å². The molecule has 1 fully saturated rings. The summed E-state index contributed by atoms with van der Waals surface area (Å²) < 4.78 is 5.39. The fourth-order valence-electron chi connectivity index (χ4n) is 1.59. The molecule has 1 rings (SSSR count). The Bertz CT molecular complexity index is 153. The molecule has 0 aromatic heterocycles. The minimum atomic E-state index is 0.332. The highest BCUT2D eigenvalue weighted by Crippen LogP contribution is 2.15. The molecule has 0 saturated carbocycles. The van der Waals surface area contributed by atoms with E-state index in [-0.39, 0.29) is 0 Å². The molecule has 1 atom stereocenters. The molecule has 0 spiro atoms. The van der Waals surface area contributed by atoms with Gasteiger partial charge >= 0.3 is 0 Å². The fourth-order valence-corrected chi connectivity index (χ4v) is 1.59. The first-order valence-corrected chi connectivity index (χ1v) is 5.30. The molecule has 1 heterocycles. The summed E-state index contributed by atoms with van der Waals surface area (Å²) >= 11 is 0. The Labute approximate surface area is 81.1 Å². The first-order valence-electron chi connectivity index (χ1n) is 5.30. The van der Waals surface area contributed by atoms with Gasteiger partial charge in [0.2, 0.25) is 0 Å². The van der Waals surface area contributed by atoms with E-state index in [1.54, 1.807) is 5.57 Å². The highest BCUT2D eigenvalue weighted by molar-refractivity contribution is 5.02. The second kappa shape index (κ2) is 6.17. The van der Waals surface area contributed by atoms with Crippen LogP contribution in [0, 0.1) is 0 Å². The number of hydrogen-bond donors (Lipinski definition) is 1. The second-order valence-corrected chi connectivity index (χ2v) is 3.88. The third kappa shape index (κ3) is 5.06. The zero-order valence-electron chi connectivity index (χ0n) is 8.59. The van der Waals surface area contributed by atoms with Crippen molar-refractivity contribution in [2.45, 2.75) is 45.1 Å². The third-order valence-corrected chi connectivity index (χ3v) is 2.41. The molecule has 13 heavy (non-hydrogen) atoms. The van der Waals surface area contributed by atoms with Crippen LogP contribution in [0.4, 0.5) is 0 Å². The van der Waals surface area contributed by atoms with Crippen LogP contribution in [-0.4, -0.2) is 19.3 Å². The van der Waals surface area contributed by atoms with Gasteiger partial charge in [0.05, 0.1) is 6.61 Å². The van der Waals surface area contributed by atoms with E-state index in [2.05, 4.69) is 13.0 Å². The summed E-state index contributed by atoms with van der Waals surface area (Å²) in [7, 11) is 0. The van der Waals surface area contributed by atoms with E-state index in [1.807, 2.05) is 0 Å². The monoisotopic (exact) mass is 183 g/mol. The summed E-state index contributed by atoms with van der Waals surface area (Å²) in [4.78, 5) is 0. The largest absolute Gasteiger partial charge is 0.381 e. The predicted molar refractivity (Wildman–Crippen MR) is 55.6 cm³/mol. The van der Waals surface area contributed by atoms with Crippen molar-refractivity contribution in [2.24, 2.45) is 5.73 Å². The molecule has 1 saturated heterocycles. The Morgan fingerprint density at radius 3 is 3.08 bits per heavy atom. The molecule has 1 aliphatic heterocycles. The van der Waals surface area contributed by atoms with Crippen LogP contribution in [0.1, 0.15) is 39.0 Å². The van der Waals surface area contributed by atoms with Crippen LogP contribution in [0.3, 0.4) is 0 Å². The Kier molecular flexibility index (Phi) is 5.09. The van der Waals surface area contributed by atoms with E-state index in [0.29, 0.717) is 6.04 Å².